The number of aryl methyl sites for hydroxylation is 2. The second kappa shape index (κ2) is 5.88. The minimum Gasteiger partial charge on any atom is -0.464 e. The molecule has 0 aliphatic carbocycles. The number of carbonyl (C=O) groups is 1. The average Bonchev–Trinajstić information content (AvgIpc) is 2.95. The third-order valence-corrected chi connectivity index (χ3v) is 3.57. The number of urea groups is 1. The van der Waals surface area contributed by atoms with Crippen LogP contribution < -0.4 is 10.6 Å². The van der Waals surface area contributed by atoms with Gasteiger partial charge in [-0.1, -0.05) is 0 Å². The Bertz CT molecular complexity index is 562. The van der Waals surface area contributed by atoms with E-state index in [1.54, 1.807) is 0 Å². The van der Waals surface area contributed by atoms with Crippen LogP contribution in [0, 0.1) is 13.8 Å². The topological polar surface area (TPSA) is 67.2 Å². The van der Waals surface area contributed by atoms with Gasteiger partial charge >= 0.3 is 6.03 Å². The van der Waals surface area contributed by atoms with E-state index >= 15 is 0 Å². The highest BCUT2D eigenvalue weighted by Crippen LogP contribution is 2.15. The van der Waals surface area contributed by atoms with Gasteiger partial charge in [-0.25, -0.2) is 9.78 Å². The summed E-state index contributed by atoms with van der Waals surface area (Å²) in [5.41, 5.74) is 0.974. The predicted molar refractivity (Wildman–Crippen MR) is 74.1 cm³/mol. The molecule has 19 heavy (non-hydrogen) atoms. The maximum absolute atomic E-state index is 11.7. The lowest BCUT2D eigenvalue weighted by molar-refractivity contribution is 0.235. The highest BCUT2D eigenvalue weighted by Gasteiger charge is 2.12. The predicted octanol–water partition coefficient (Wildman–Crippen LogP) is 2.91. The monoisotopic (exact) mass is 279 g/mol. The Balaban J connectivity index is 1.81. The van der Waals surface area contributed by atoms with Gasteiger partial charge in [0.1, 0.15) is 16.5 Å². The zero-order chi connectivity index (χ0) is 13.8. The maximum atomic E-state index is 11.7. The molecule has 0 aromatic carbocycles. The van der Waals surface area contributed by atoms with Gasteiger partial charge in [0.2, 0.25) is 0 Å². The highest BCUT2D eigenvalue weighted by molar-refractivity contribution is 7.09. The van der Waals surface area contributed by atoms with Crippen LogP contribution >= 0.6 is 11.3 Å². The van der Waals surface area contributed by atoms with Gasteiger partial charge < -0.3 is 15.1 Å². The number of nitrogens with one attached hydrogen (secondary N) is 2. The molecule has 0 aliphatic rings. The second-order valence-corrected chi connectivity index (χ2v) is 5.32. The van der Waals surface area contributed by atoms with Crippen molar-refractivity contribution in [1.82, 2.24) is 15.6 Å². The first kappa shape index (κ1) is 13.6. The first-order valence-corrected chi connectivity index (χ1v) is 6.94. The first-order chi connectivity index (χ1) is 9.04. The molecule has 0 fully saturated rings. The SMILES string of the molecule is Cc1csc(CNC(=O)N[C@H](C)c2ccc(C)o2)n1. The van der Waals surface area contributed by atoms with E-state index in [1.807, 2.05) is 38.3 Å². The smallest absolute Gasteiger partial charge is 0.315 e. The number of hydrogen-bond donors (Lipinski definition) is 2. The van der Waals surface area contributed by atoms with E-state index in [0.717, 1.165) is 22.2 Å². The first-order valence-electron chi connectivity index (χ1n) is 6.06. The summed E-state index contributed by atoms with van der Waals surface area (Å²) in [6, 6.07) is 3.36. The van der Waals surface area contributed by atoms with Gasteiger partial charge in [0.05, 0.1) is 12.6 Å². The zero-order valence-corrected chi connectivity index (χ0v) is 12.0. The van der Waals surface area contributed by atoms with Gasteiger partial charge in [-0.05, 0) is 32.9 Å². The van der Waals surface area contributed by atoms with Crippen LogP contribution in [-0.4, -0.2) is 11.0 Å². The molecular weight excluding hydrogens is 262 g/mol. The maximum Gasteiger partial charge on any atom is 0.315 e. The lowest BCUT2D eigenvalue weighted by atomic mass is 10.2. The molecule has 0 radical (unpaired) electrons. The highest BCUT2D eigenvalue weighted by atomic mass is 32.1. The standard InChI is InChI=1S/C13H17N3O2S/c1-8-7-19-12(15-8)6-14-13(17)16-10(3)11-5-4-9(2)18-11/h4-5,7,10H,6H2,1-3H3,(H2,14,16,17)/t10-/m1/s1. The van der Waals surface area contributed by atoms with E-state index in [0.29, 0.717) is 6.54 Å². The molecule has 0 unspecified atom stereocenters. The van der Waals surface area contributed by atoms with Crippen LogP contribution in [0.25, 0.3) is 0 Å². The fourth-order valence-electron chi connectivity index (χ4n) is 1.64. The molecule has 0 spiro atoms. The third kappa shape index (κ3) is 3.82. The summed E-state index contributed by atoms with van der Waals surface area (Å²) in [6.07, 6.45) is 0. The van der Waals surface area contributed by atoms with E-state index in [1.165, 1.54) is 11.3 Å². The Morgan fingerprint density at radius 1 is 1.47 bits per heavy atom. The molecule has 2 N–H and O–H groups in total. The van der Waals surface area contributed by atoms with Crippen LogP contribution in [0.3, 0.4) is 0 Å². The van der Waals surface area contributed by atoms with Crippen molar-refractivity contribution in [3.8, 4) is 0 Å². The molecule has 6 heteroatoms. The lowest BCUT2D eigenvalue weighted by Gasteiger charge is -2.11. The third-order valence-electron chi connectivity index (χ3n) is 2.60. The van der Waals surface area contributed by atoms with Crippen molar-refractivity contribution in [1.29, 1.82) is 0 Å². The molecule has 5 nitrogen and oxygen atoms in total. The summed E-state index contributed by atoms with van der Waals surface area (Å²) in [7, 11) is 0. The molecule has 0 bridgehead atoms. The van der Waals surface area contributed by atoms with Crippen molar-refractivity contribution in [2.24, 2.45) is 0 Å². The van der Waals surface area contributed by atoms with E-state index in [9.17, 15) is 4.79 Å². The summed E-state index contributed by atoms with van der Waals surface area (Å²) >= 11 is 1.54. The molecular formula is C13H17N3O2S. The number of aromatic nitrogens is 1. The summed E-state index contributed by atoms with van der Waals surface area (Å²) in [5.74, 6) is 1.58. The average molecular weight is 279 g/mol. The molecule has 2 heterocycles. The number of hydrogen-bond acceptors (Lipinski definition) is 4. The van der Waals surface area contributed by atoms with E-state index < -0.39 is 0 Å². The number of furan rings is 1. The molecule has 1 atom stereocenters. The van der Waals surface area contributed by atoms with Crippen molar-refractivity contribution in [3.05, 3.63) is 39.7 Å². The van der Waals surface area contributed by atoms with Crippen molar-refractivity contribution in [2.75, 3.05) is 0 Å². The van der Waals surface area contributed by atoms with Crippen molar-refractivity contribution in [3.63, 3.8) is 0 Å². The van der Waals surface area contributed by atoms with Crippen LogP contribution in [0.2, 0.25) is 0 Å². The molecule has 2 amide bonds. The van der Waals surface area contributed by atoms with Gasteiger partial charge in [-0.2, -0.15) is 0 Å². The molecule has 0 saturated heterocycles. The molecule has 2 rings (SSSR count). The molecule has 102 valence electrons. The van der Waals surface area contributed by atoms with E-state index in [4.69, 9.17) is 4.42 Å². The quantitative estimate of drug-likeness (QED) is 0.904. The largest absolute Gasteiger partial charge is 0.464 e. The lowest BCUT2D eigenvalue weighted by Crippen LogP contribution is -2.36. The molecule has 2 aromatic heterocycles. The molecule has 2 aromatic rings. The van der Waals surface area contributed by atoms with Gasteiger partial charge in [0.15, 0.2) is 0 Å². The van der Waals surface area contributed by atoms with E-state index in [2.05, 4.69) is 15.6 Å². The normalized spacial score (nSPS) is 12.2. The summed E-state index contributed by atoms with van der Waals surface area (Å²) in [6.45, 7) is 6.13. The van der Waals surface area contributed by atoms with Crippen LogP contribution in [0.4, 0.5) is 4.79 Å². The Kier molecular flexibility index (Phi) is 4.21. The van der Waals surface area contributed by atoms with Crippen LogP contribution in [0.1, 0.15) is 35.2 Å². The number of thiazole rings is 1. The number of rotatable bonds is 4. The summed E-state index contributed by atoms with van der Waals surface area (Å²) in [4.78, 5) is 16.0. The van der Waals surface area contributed by atoms with Crippen molar-refractivity contribution < 1.29 is 9.21 Å². The minimum absolute atomic E-state index is 0.160. The summed E-state index contributed by atoms with van der Waals surface area (Å²) < 4.78 is 5.46. The fourth-order valence-corrected chi connectivity index (χ4v) is 2.36. The number of nitrogens with zero attached hydrogens (tertiary/aromatic N) is 1. The van der Waals surface area contributed by atoms with Crippen LogP contribution in [0.15, 0.2) is 21.9 Å². The second-order valence-electron chi connectivity index (χ2n) is 4.38. The Morgan fingerprint density at radius 3 is 2.84 bits per heavy atom. The van der Waals surface area contributed by atoms with Crippen LogP contribution in [0.5, 0.6) is 0 Å². The Morgan fingerprint density at radius 2 is 2.26 bits per heavy atom. The van der Waals surface area contributed by atoms with Gasteiger partial charge in [0, 0.05) is 11.1 Å². The zero-order valence-electron chi connectivity index (χ0n) is 11.2. The van der Waals surface area contributed by atoms with Crippen molar-refractivity contribution >= 4 is 17.4 Å². The van der Waals surface area contributed by atoms with Crippen molar-refractivity contribution in [2.45, 2.75) is 33.4 Å². The molecule has 0 saturated carbocycles. The molecule has 0 aliphatic heterocycles. The number of amides is 2. The number of carbonyl (C=O) groups excluding carboxylic acids is 1. The minimum atomic E-state index is -0.227. The van der Waals surface area contributed by atoms with Crippen LogP contribution in [-0.2, 0) is 6.54 Å². The summed E-state index contributed by atoms with van der Waals surface area (Å²) in [5, 5.41) is 8.45. The Hall–Kier alpha value is -1.82. The van der Waals surface area contributed by atoms with Gasteiger partial charge in [-0.15, -0.1) is 11.3 Å². The van der Waals surface area contributed by atoms with Gasteiger partial charge in [0.25, 0.3) is 0 Å². The fraction of sp³-hybridized carbons (Fsp3) is 0.385. The Labute approximate surface area is 116 Å². The van der Waals surface area contributed by atoms with Gasteiger partial charge in [-0.3, -0.25) is 0 Å². The van der Waals surface area contributed by atoms with E-state index in [-0.39, 0.29) is 12.1 Å².